The van der Waals surface area contributed by atoms with Gasteiger partial charge in [0.15, 0.2) is 0 Å². The molecule has 218 valence electrons. The SMILES string of the molecule is CC(OP(O)OCC1CCC(n2ccc(=O)[nH]c2=O)O1)c1cc2n(c(=O)c1COC=O)Cc1cc3ccccc3nc1-2. The zero-order valence-electron chi connectivity index (χ0n) is 22.5. The van der Waals surface area contributed by atoms with E-state index in [1.165, 1.54) is 16.8 Å². The molecule has 0 radical (unpaired) electrons. The molecule has 14 heteroatoms. The molecule has 4 unspecified atom stereocenters. The van der Waals surface area contributed by atoms with E-state index in [-0.39, 0.29) is 30.8 Å². The summed E-state index contributed by atoms with van der Waals surface area (Å²) in [6.45, 7) is 2.01. The van der Waals surface area contributed by atoms with Crippen LogP contribution in [0.4, 0.5) is 0 Å². The molecule has 2 N–H and O–H groups in total. The van der Waals surface area contributed by atoms with Crippen LogP contribution < -0.4 is 16.8 Å². The van der Waals surface area contributed by atoms with E-state index in [0.717, 1.165) is 16.5 Å². The minimum absolute atomic E-state index is 0.00184. The van der Waals surface area contributed by atoms with Crippen molar-refractivity contribution in [2.75, 3.05) is 6.61 Å². The summed E-state index contributed by atoms with van der Waals surface area (Å²) in [6, 6.07) is 12.7. The van der Waals surface area contributed by atoms with E-state index in [4.69, 9.17) is 23.5 Å². The van der Waals surface area contributed by atoms with Crippen molar-refractivity contribution in [2.45, 2.75) is 51.4 Å². The molecular formula is C28H27N4O9P. The first kappa shape index (κ1) is 28.1. The topological polar surface area (TPSA) is 164 Å². The third-order valence-electron chi connectivity index (χ3n) is 7.41. The van der Waals surface area contributed by atoms with Crippen molar-refractivity contribution in [2.24, 2.45) is 0 Å². The first-order chi connectivity index (χ1) is 20.3. The summed E-state index contributed by atoms with van der Waals surface area (Å²) in [6.07, 6.45) is 0.673. The van der Waals surface area contributed by atoms with E-state index in [2.05, 4.69) is 4.98 Å². The van der Waals surface area contributed by atoms with Gasteiger partial charge in [-0.25, -0.2) is 9.78 Å². The highest BCUT2D eigenvalue weighted by Crippen LogP contribution is 2.42. The zero-order valence-corrected chi connectivity index (χ0v) is 23.4. The molecule has 0 saturated carbocycles. The second-order valence-electron chi connectivity index (χ2n) is 10.0. The summed E-state index contributed by atoms with van der Waals surface area (Å²) >= 11 is 0. The number of fused-ring (bicyclic) bond motifs is 4. The predicted molar refractivity (Wildman–Crippen MR) is 150 cm³/mol. The van der Waals surface area contributed by atoms with Crippen molar-refractivity contribution in [1.82, 2.24) is 19.1 Å². The van der Waals surface area contributed by atoms with E-state index >= 15 is 0 Å². The predicted octanol–water partition coefficient (Wildman–Crippen LogP) is 2.64. The molecule has 2 aliphatic rings. The standard InChI is InChI=1S/C28H27N4O9P/c1-16(41-42(37)39-13-19-6-7-25(40-19)31-9-8-24(34)30-28(31)36)20-11-23-26-18(10-17-4-2-3-5-22(17)29-26)12-32(23)27(35)21(20)14-38-15-33/h2-5,8-11,15-16,19,25,37H,6-7,12-14H2,1H3,(H,30,34,36). The monoisotopic (exact) mass is 594 g/mol. The Bertz CT molecular complexity index is 1840. The van der Waals surface area contributed by atoms with Gasteiger partial charge in [-0.3, -0.25) is 23.9 Å². The molecule has 4 aromatic rings. The Kier molecular flexibility index (Phi) is 7.84. The van der Waals surface area contributed by atoms with Crippen LogP contribution in [0.25, 0.3) is 22.3 Å². The molecule has 6 rings (SSSR count). The Morgan fingerprint density at radius 2 is 2.05 bits per heavy atom. The lowest BCUT2D eigenvalue weighted by molar-refractivity contribution is -0.129. The van der Waals surface area contributed by atoms with Crippen LogP contribution in [-0.2, 0) is 36.5 Å². The number of hydrogen-bond donors (Lipinski definition) is 2. The smallest absolute Gasteiger partial charge is 0.330 e. The van der Waals surface area contributed by atoms with Crippen molar-refractivity contribution >= 4 is 26.0 Å². The summed E-state index contributed by atoms with van der Waals surface area (Å²) in [7, 11) is -2.39. The summed E-state index contributed by atoms with van der Waals surface area (Å²) < 4.78 is 25.0. The lowest BCUT2D eigenvalue weighted by Crippen LogP contribution is -2.31. The van der Waals surface area contributed by atoms with Gasteiger partial charge >= 0.3 is 14.3 Å². The number of pyridine rings is 2. The Labute approximate surface area is 239 Å². The highest BCUT2D eigenvalue weighted by atomic mass is 31.2. The molecular weight excluding hydrogens is 567 g/mol. The van der Waals surface area contributed by atoms with Crippen LogP contribution in [0.5, 0.6) is 0 Å². The maximum atomic E-state index is 13.6. The van der Waals surface area contributed by atoms with Crippen LogP contribution in [0.2, 0.25) is 0 Å². The Morgan fingerprint density at radius 3 is 2.86 bits per heavy atom. The molecule has 0 aliphatic carbocycles. The molecule has 42 heavy (non-hydrogen) atoms. The summed E-state index contributed by atoms with van der Waals surface area (Å²) in [5.41, 5.74) is 2.24. The zero-order chi connectivity index (χ0) is 29.4. The molecule has 5 heterocycles. The van der Waals surface area contributed by atoms with Crippen molar-refractivity contribution < 1.29 is 28.2 Å². The van der Waals surface area contributed by atoms with Gasteiger partial charge in [-0.1, -0.05) is 18.2 Å². The van der Waals surface area contributed by atoms with Crippen molar-refractivity contribution in [3.05, 3.63) is 96.5 Å². The van der Waals surface area contributed by atoms with Gasteiger partial charge in [0.25, 0.3) is 17.6 Å². The number of benzene rings is 1. The molecule has 13 nitrogen and oxygen atoms in total. The fourth-order valence-corrected chi connectivity index (χ4v) is 6.13. The molecule has 1 fully saturated rings. The number of nitrogens with one attached hydrogen (secondary N) is 1. The molecule has 2 aliphatic heterocycles. The van der Waals surface area contributed by atoms with Gasteiger partial charge < -0.3 is 28.0 Å². The number of ether oxygens (including phenoxy) is 2. The first-order valence-electron chi connectivity index (χ1n) is 13.3. The number of hydrogen-bond acceptors (Lipinski definition) is 10. The van der Waals surface area contributed by atoms with Crippen LogP contribution in [-0.4, -0.2) is 43.2 Å². The van der Waals surface area contributed by atoms with E-state index < -0.39 is 38.3 Å². The number of carbonyl (C=O) groups is 1. The van der Waals surface area contributed by atoms with Gasteiger partial charge in [-0.15, -0.1) is 0 Å². The largest absolute Gasteiger partial charge is 0.463 e. The average Bonchev–Trinajstić information content (AvgIpc) is 3.59. The Morgan fingerprint density at radius 1 is 1.21 bits per heavy atom. The molecule has 1 aromatic carbocycles. The number of rotatable bonds is 10. The number of carbonyl (C=O) groups excluding carboxylic acids is 1. The van der Waals surface area contributed by atoms with Gasteiger partial charge in [0, 0.05) is 23.2 Å². The lowest BCUT2D eigenvalue weighted by Gasteiger charge is -2.21. The summed E-state index contributed by atoms with van der Waals surface area (Å²) in [5, 5.41) is 0.963. The van der Waals surface area contributed by atoms with E-state index in [9.17, 15) is 24.1 Å². The number of aromatic nitrogens is 4. The normalized spacial score (nSPS) is 18.9. The fourth-order valence-electron chi connectivity index (χ4n) is 5.40. The highest BCUT2D eigenvalue weighted by molar-refractivity contribution is 7.40. The maximum Gasteiger partial charge on any atom is 0.330 e. The second-order valence-corrected chi connectivity index (χ2v) is 11.0. The third kappa shape index (κ3) is 5.44. The number of H-pyrrole nitrogens is 1. The van der Waals surface area contributed by atoms with Crippen molar-refractivity contribution in [3.8, 4) is 11.4 Å². The molecule has 3 aromatic heterocycles. The van der Waals surface area contributed by atoms with E-state index in [1.54, 1.807) is 17.6 Å². The van der Waals surface area contributed by atoms with Crippen LogP contribution in [0.15, 0.2) is 63.0 Å². The Balaban J connectivity index is 1.18. The molecule has 0 bridgehead atoms. The number of aromatic amines is 1. The highest BCUT2D eigenvalue weighted by Gasteiger charge is 2.31. The minimum atomic E-state index is -2.39. The van der Waals surface area contributed by atoms with Crippen LogP contribution >= 0.6 is 8.60 Å². The fraction of sp³-hybridized carbons (Fsp3) is 0.321. The summed E-state index contributed by atoms with van der Waals surface area (Å²) in [4.78, 5) is 65.5. The van der Waals surface area contributed by atoms with Gasteiger partial charge in [-0.05, 0) is 43.5 Å². The first-order valence-corrected chi connectivity index (χ1v) is 14.4. The molecule has 1 saturated heterocycles. The number of para-hydroxylation sites is 1. The van der Waals surface area contributed by atoms with Crippen molar-refractivity contribution in [3.63, 3.8) is 0 Å². The van der Waals surface area contributed by atoms with Crippen LogP contribution in [0, 0.1) is 0 Å². The quantitative estimate of drug-likeness (QED) is 0.181. The minimum Gasteiger partial charge on any atom is -0.463 e. The van der Waals surface area contributed by atoms with E-state index in [1.807, 2.05) is 30.3 Å². The third-order valence-corrected chi connectivity index (χ3v) is 8.27. The Hall–Kier alpha value is -4.00. The molecule has 0 spiro atoms. The van der Waals surface area contributed by atoms with Crippen LogP contribution in [0.3, 0.4) is 0 Å². The number of nitrogens with zero attached hydrogens (tertiary/aromatic N) is 3. The molecule has 4 atom stereocenters. The van der Waals surface area contributed by atoms with Crippen molar-refractivity contribution in [1.29, 1.82) is 0 Å². The maximum absolute atomic E-state index is 13.6. The van der Waals surface area contributed by atoms with Gasteiger partial charge in [0.1, 0.15) is 12.8 Å². The van der Waals surface area contributed by atoms with Gasteiger partial charge in [-0.2, -0.15) is 0 Å². The average molecular weight is 595 g/mol. The summed E-state index contributed by atoms with van der Waals surface area (Å²) in [5.74, 6) is 0. The molecule has 0 amide bonds. The van der Waals surface area contributed by atoms with Gasteiger partial charge in [0.05, 0.1) is 47.8 Å². The van der Waals surface area contributed by atoms with Gasteiger partial charge in [0.2, 0.25) is 0 Å². The van der Waals surface area contributed by atoms with E-state index in [0.29, 0.717) is 36.3 Å². The lowest BCUT2D eigenvalue weighted by atomic mass is 10.0. The van der Waals surface area contributed by atoms with Crippen LogP contribution in [0.1, 0.15) is 48.8 Å². The second kappa shape index (κ2) is 11.7.